The smallest absolute Gasteiger partial charge is 0.0602 e. The van der Waals surface area contributed by atoms with Crippen molar-refractivity contribution in [2.75, 3.05) is 13.6 Å². The average molecular weight is 171 g/mol. The Bertz CT molecular complexity index is 133. The van der Waals surface area contributed by atoms with Crippen molar-refractivity contribution < 1.29 is 4.74 Å². The van der Waals surface area contributed by atoms with Gasteiger partial charge in [-0.2, -0.15) is 0 Å². The number of hydrogen-bond acceptors (Lipinski definition) is 2. The molecule has 0 aromatic heterocycles. The summed E-state index contributed by atoms with van der Waals surface area (Å²) in [7, 11) is 2.01. The Morgan fingerprint density at radius 1 is 1.33 bits per heavy atom. The third-order valence-electron chi connectivity index (χ3n) is 2.21. The van der Waals surface area contributed by atoms with E-state index in [0.29, 0.717) is 6.10 Å². The van der Waals surface area contributed by atoms with E-state index in [4.69, 9.17) is 4.74 Å². The molecule has 1 saturated carbocycles. The lowest BCUT2D eigenvalue weighted by Gasteiger charge is -2.39. The van der Waals surface area contributed by atoms with Gasteiger partial charge in [-0.15, -0.1) is 0 Å². The fraction of sp³-hybridized carbons (Fsp3) is 1.00. The number of ether oxygens (including phenoxy) is 1. The van der Waals surface area contributed by atoms with Crippen LogP contribution in [0.2, 0.25) is 0 Å². The predicted octanol–water partition coefficient (Wildman–Crippen LogP) is 1.80. The van der Waals surface area contributed by atoms with Gasteiger partial charge in [-0.25, -0.2) is 0 Å². The van der Waals surface area contributed by atoms with Gasteiger partial charge in [0.2, 0.25) is 0 Å². The quantitative estimate of drug-likeness (QED) is 0.699. The van der Waals surface area contributed by atoms with E-state index in [1.54, 1.807) is 0 Å². The summed E-state index contributed by atoms with van der Waals surface area (Å²) in [5, 5.41) is 3.20. The first kappa shape index (κ1) is 10.0. The maximum absolute atomic E-state index is 5.82. The molecule has 2 heteroatoms. The first-order chi connectivity index (χ1) is 5.51. The molecule has 0 aromatic rings. The third kappa shape index (κ3) is 3.11. The molecule has 1 aliphatic carbocycles. The Balaban J connectivity index is 2.10. The van der Waals surface area contributed by atoms with Gasteiger partial charge in [0.15, 0.2) is 0 Å². The van der Waals surface area contributed by atoms with Crippen LogP contribution in [0.3, 0.4) is 0 Å². The molecule has 72 valence electrons. The highest BCUT2D eigenvalue weighted by Gasteiger charge is 2.31. The molecule has 0 aromatic carbocycles. The molecule has 0 radical (unpaired) electrons. The van der Waals surface area contributed by atoms with Gasteiger partial charge in [-0.1, -0.05) is 0 Å². The van der Waals surface area contributed by atoms with Crippen molar-refractivity contribution in [2.45, 2.75) is 45.3 Å². The van der Waals surface area contributed by atoms with E-state index in [-0.39, 0.29) is 5.60 Å². The summed E-state index contributed by atoms with van der Waals surface area (Å²) >= 11 is 0. The zero-order valence-electron chi connectivity index (χ0n) is 8.68. The predicted molar refractivity (Wildman–Crippen MR) is 51.3 cm³/mol. The molecule has 0 saturated heterocycles. The lowest BCUT2D eigenvalue weighted by Crippen LogP contribution is -2.40. The average Bonchev–Trinajstić information content (AvgIpc) is 1.80. The van der Waals surface area contributed by atoms with Crippen LogP contribution >= 0.6 is 0 Å². The third-order valence-corrected chi connectivity index (χ3v) is 2.21. The van der Waals surface area contributed by atoms with Crippen LogP contribution < -0.4 is 5.32 Å². The van der Waals surface area contributed by atoms with Crippen LogP contribution in [-0.4, -0.2) is 25.3 Å². The minimum Gasteiger partial charge on any atom is -0.373 e. The summed E-state index contributed by atoms with van der Waals surface area (Å²) in [6.45, 7) is 7.51. The van der Waals surface area contributed by atoms with E-state index < -0.39 is 0 Å². The highest BCUT2D eigenvalue weighted by Crippen LogP contribution is 2.32. The highest BCUT2D eigenvalue weighted by atomic mass is 16.5. The fourth-order valence-corrected chi connectivity index (χ4v) is 1.73. The summed E-state index contributed by atoms with van der Waals surface area (Å²) < 4.78 is 5.82. The van der Waals surface area contributed by atoms with E-state index in [2.05, 4.69) is 26.1 Å². The van der Waals surface area contributed by atoms with Gasteiger partial charge in [0.05, 0.1) is 11.7 Å². The maximum atomic E-state index is 5.82. The summed E-state index contributed by atoms with van der Waals surface area (Å²) in [6, 6.07) is 0. The molecule has 12 heavy (non-hydrogen) atoms. The van der Waals surface area contributed by atoms with Crippen molar-refractivity contribution in [1.82, 2.24) is 5.32 Å². The Labute approximate surface area is 75.7 Å². The van der Waals surface area contributed by atoms with Crippen molar-refractivity contribution in [3.63, 3.8) is 0 Å². The molecule has 0 spiro atoms. The Hall–Kier alpha value is -0.0800. The Morgan fingerprint density at radius 2 is 1.92 bits per heavy atom. The molecule has 0 unspecified atom stereocenters. The number of hydrogen-bond donors (Lipinski definition) is 1. The van der Waals surface area contributed by atoms with Crippen LogP contribution in [0.1, 0.15) is 33.6 Å². The summed E-state index contributed by atoms with van der Waals surface area (Å²) in [5.74, 6) is 0.849. The molecule has 0 heterocycles. The molecular weight excluding hydrogens is 150 g/mol. The molecule has 0 bridgehead atoms. The molecule has 0 aliphatic heterocycles. The molecule has 1 aliphatic rings. The fourth-order valence-electron chi connectivity index (χ4n) is 1.73. The van der Waals surface area contributed by atoms with Crippen molar-refractivity contribution in [2.24, 2.45) is 5.92 Å². The lowest BCUT2D eigenvalue weighted by atomic mass is 9.82. The monoisotopic (exact) mass is 171 g/mol. The van der Waals surface area contributed by atoms with Crippen LogP contribution in [0, 0.1) is 5.92 Å². The maximum Gasteiger partial charge on any atom is 0.0602 e. The van der Waals surface area contributed by atoms with Gasteiger partial charge in [0.1, 0.15) is 0 Å². The molecule has 0 amide bonds. The van der Waals surface area contributed by atoms with Gasteiger partial charge in [0.25, 0.3) is 0 Å². The Kier molecular flexibility index (Phi) is 3.13. The second kappa shape index (κ2) is 3.75. The second-order valence-electron chi connectivity index (χ2n) is 4.75. The molecule has 1 rings (SSSR count). The van der Waals surface area contributed by atoms with Crippen LogP contribution in [0.4, 0.5) is 0 Å². The summed E-state index contributed by atoms with van der Waals surface area (Å²) in [5.41, 5.74) is 0.0370. The van der Waals surface area contributed by atoms with E-state index in [1.807, 2.05) is 7.05 Å². The van der Waals surface area contributed by atoms with E-state index >= 15 is 0 Å². The van der Waals surface area contributed by atoms with Crippen LogP contribution in [-0.2, 0) is 4.74 Å². The van der Waals surface area contributed by atoms with Crippen LogP contribution in [0.5, 0.6) is 0 Å². The zero-order valence-corrected chi connectivity index (χ0v) is 8.68. The van der Waals surface area contributed by atoms with Crippen molar-refractivity contribution >= 4 is 0 Å². The molecular formula is C10H21NO. The summed E-state index contributed by atoms with van der Waals surface area (Å²) in [6.07, 6.45) is 2.99. The molecule has 0 atom stereocenters. The standard InChI is InChI=1S/C10H21NO/c1-10(2,3)12-9-5-8(6-9)7-11-4/h8-9,11H,5-7H2,1-4H3. The van der Waals surface area contributed by atoms with Gasteiger partial charge < -0.3 is 10.1 Å². The minimum atomic E-state index is 0.0370. The summed E-state index contributed by atoms with van der Waals surface area (Å²) in [4.78, 5) is 0. The van der Waals surface area contributed by atoms with Gasteiger partial charge >= 0.3 is 0 Å². The van der Waals surface area contributed by atoms with Gasteiger partial charge in [-0.3, -0.25) is 0 Å². The van der Waals surface area contributed by atoms with Gasteiger partial charge in [0, 0.05) is 0 Å². The number of rotatable bonds is 3. The molecule has 1 fully saturated rings. The first-order valence-electron chi connectivity index (χ1n) is 4.83. The normalized spacial score (nSPS) is 30.0. The zero-order chi connectivity index (χ0) is 9.19. The minimum absolute atomic E-state index is 0.0370. The molecule has 2 nitrogen and oxygen atoms in total. The van der Waals surface area contributed by atoms with Crippen LogP contribution in [0.15, 0.2) is 0 Å². The van der Waals surface area contributed by atoms with E-state index in [1.165, 1.54) is 12.8 Å². The largest absolute Gasteiger partial charge is 0.373 e. The van der Waals surface area contributed by atoms with Crippen molar-refractivity contribution in [3.8, 4) is 0 Å². The first-order valence-corrected chi connectivity index (χ1v) is 4.83. The van der Waals surface area contributed by atoms with Crippen molar-refractivity contribution in [1.29, 1.82) is 0 Å². The second-order valence-corrected chi connectivity index (χ2v) is 4.75. The highest BCUT2D eigenvalue weighted by molar-refractivity contribution is 4.83. The van der Waals surface area contributed by atoms with E-state index in [9.17, 15) is 0 Å². The van der Waals surface area contributed by atoms with E-state index in [0.717, 1.165) is 12.5 Å². The van der Waals surface area contributed by atoms with Crippen molar-refractivity contribution in [3.05, 3.63) is 0 Å². The molecule has 1 N–H and O–H groups in total. The number of nitrogens with one attached hydrogen (secondary N) is 1. The topological polar surface area (TPSA) is 21.3 Å². The Morgan fingerprint density at radius 3 is 2.33 bits per heavy atom. The lowest BCUT2D eigenvalue weighted by molar-refractivity contribution is -0.111. The van der Waals surface area contributed by atoms with Gasteiger partial charge in [-0.05, 0) is 53.1 Å². The van der Waals surface area contributed by atoms with Crippen LogP contribution in [0.25, 0.3) is 0 Å². The SMILES string of the molecule is CNCC1CC(OC(C)(C)C)C1.